The van der Waals surface area contributed by atoms with E-state index < -0.39 is 0 Å². The molecule has 16 heavy (non-hydrogen) atoms. The van der Waals surface area contributed by atoms with Gasteiger partial charge in [-0.15, -0.1) is 11.8 Å². The third kappa shape index (κ3) is 3.04. The van der Waals surface area contributed by atoms with Crippen LogP contribution in [-0.4, -0.2) is 23.4 Å². The molecular weight excluding hydrogens is 222 g/mol. The zero-order valence-electron chi connectivity index (χ0n) is 9.90. The van der Waals surface area contributed by atoms with Crippen LogP contribution in [-0.2, 0) is 0 Å². The van der Waals surface area contributed by atoms with Gasteiger partial charge in [0.05, 0.1) is 18.4 Å². The molecule has 0 atom stereocenters. The number of ether oxygens (including phenoxy) is 2. The maximum Gasteiger partial charge on any atom is 0.155 e. The lowest BCUT2D eigenvalue weighted by molar-refractivity contribution is 0.231. The highest BCUT2D eigenvalue weighted by atomic mass is 32.2. The third-order valence-corrected chi connectivity index (χ3v) is 2.87. The van der Waals surface area contributed by atoms with E-state index in [2.05, 4.69) is 4.98 Å². The molecule has 0 unspecified atom stereocenters. The highest BCUT2D eigenvalue weighted by Gasteiger charge is 2.24. The molecular formula is C12H17NO2S. The molecule has 1 aromatic heterocycles. The van der Waals surface area contributed by atoms with Gasteiger partial charge < -0.3 is 9.47 Å². The predicted molar refractivity (Wildman–Crippen MR) is 65.4 cm³/mol. The summed E-state index contributed by atoms with van der Waals surface area (Å²) >= 11 is 1.59. The molecule has 0 N–H and O–H groups in total. The molecule has 0 aliphatic heterocycles. The van der Waals surface area contributed by atoms with Crippen molar-refractivity contribution >= 4 is 11.8 Å². The summed E-state index contributed by atoms with van der Waals surface area (Å²) in [5, 5.41) is 0.914. The van der Waals surface area contributed by atoms with Crippen molar-refractivity contribution in [2.24, 2.45) is 0 Å². The Balaban J connectivity index is 2.15. The molecule has 4 heteroatoms. The van der Waals surface area contributed by atoms with E-state index in [0.717, 1.165) is 29.4 Å². The first-order valence-corrected chi connectivity index (χ1v) is 6.79. The van der Waals surface area contributed by atoms with Crippen molar-refractivity contribution in [3.63, 3.8) is 0 Å². The quantitative estimate of drug-likeness (QED) is 0.739. The molecule has 0 amide bonds. The molecule has 3 nitrogen and oxygen atoms in total. The van der Waals surface area contributed by atoms with E-state index in [1.807, 2.05) is 26.2 Å². The molecule has 0 radical (unpaired) electrons. The summed E-state index contributed by atoms with van der Waals surface area (Å²) in [4.78, 5) is 4.34. The number of hydrogen-bond donors (Lipinski definition) is 0. The monoisotopic (exact) mass is 239 g/mol. The van der Waals surface area contributed by atoms with Crippen LogP contribution in [0, 0.1) is 0 Å². The Morgan fingerprint density at radius 2 is 2.19 bits per heavy atom. The predicted octanol–water partition coefficient (Wildman–Crippen LogP) is 3.13. The van der Waals surface area contributed by atoms with E-state index in [0.29, 0.717) is 6.10 Å². The third-order valence-electron chi connectivity index (χ3n) is 2.18. The Kier molecular flexibility index (Phi) is 3.59. The average molecular weight is 239 g/mol. The lowest BCUT2D eigenvalue weighted by Gasteiger charge is -2.13. The van der Waals surface area contributed by atoms with Crippen LogP contribution in [0.4, 0.5) is 0 Å². The summed E-state index contributed by atoms with van der Waals surface area (Å²) in [5.74, 6) is 1.64. The molecule has 1 fully saturated rings. The fourth-order valence-electron chi connectivity index (χ4n) is 1.35. The summed E-state index contributed by atoms with van der Waals surface area (Å²) in [5.41, 5.74) is 0. The van der Waals surface area contributed by atoms with E-state index >= 15 is 0 Å². The summed E-state index contributed by atoms with van der Waals surface area (Å²) in [6.45, 7) is 4.02. The van der Waals surface area contributed by atoms with Crippen LogP contribution in [0.2, 0.25) is 0 Å². The van der Waals surface area contributed by atoms with Gasteiger partial charge >= 0.3 is 0 Å². The maximum absolute atomic E-state index is 5.72. The summed E-state index contributed by atoms with van der Waals surface area (Å²) in [7, 11) is 0. The Bertz CT molecular complexity index is 364. The van der Waals surface area contributed by atoms with Gasteiger partial charge in [-0.3, -0.25) is 0 Å². The van der Waals surface area contributed by atoms with Crippen LogP contribution < -0.4 is 9.47 Å². The van der Waals surface area contributed by atoms with Crippen molar-refractivity contribution in [1.82, 2.24) is 4.98 Å². The molecule has 1 aliphatic rings. The summed E-state index contributed by atoms with van der Waals surface area (Å²) < 4.78 is 11.4. The fraction of sp³-hybridized carbons (Fsp3) is 0.583. The second-order valence-electron chi connectivity index (χ2n) is 4.16. The molecule has 88 valence electrons. The minimum Gasteiger partial charge on any atom is -0.489 e. The molecule has 1 saturated carbocycles. The summed E-state index contributed by atoms with van der Waals surface area (Å²) in [6, 6.07) is 1.94. The molecule has 2 rings (SSSR count). The summed E-state index contributed by atoms with van der Waals surface area (Å²) in [6.07, 6.45) is 6.64. The van der Waals surface area contributed by atoms with Crippen molar-refractivity contribution in [2.75, 3.05) is 6.26 Å². The van der Waals surface area contributed by atoms with Crippen molar-refractivity contribution < 1.29 is 9.47 Å². The SMILES string of the molecule is CSc1ncc(OC2CC2)cc1OC(C)C. The van der Waals surface area contributed by atoms with E-state index in [-0.39, 0.29) is 6.10 Å². The zero-order valence-corrected chi connectivity index (χ0v) is 10.7. The van der Waals surface area contributed by atoms with Gasteiger partial charge in [0, 0.05) is 6.07 Å². The first-order chi connectivity index (χ1) is 7.69. The molecule has 1 heterocycles. The van der Waals surface area contributed by atoms with Crippen LogP contribution in [0.3, 0.4) is 0 Å². The minimum atomic E-state index is 0.156. The fourth-order valence-corrected chi connectivity index (χ4v) is 1.81. The van der Waals surface area contributed by atoms with Crippen LogP contribution in [0.1, 0.15) is 26.7 Å². The standard InChI is InChI=1S/C12H17NO2S/c1-8(2)14-11-6-10(15-9-4-5-9)7-13-12(11)16-3/h6-9H,4-5H2,1-3H3. The van der Waals surface area contributed by atoms with E-state index in [9.17, 15) is 0 Å². The maximum atomic E-state index is 5.72. The van der Waals surface area contributed by atoms with Crippen molar-refractivity contribution in [3.8, 4) is 11.5 Å². The normalized spacial score (nSPS) is 15.2. The Hall–Kier alpha value is -0.900. The van der Waals surface area contributed by atoms with Crippen molar-refractivity contribution in [1.29, 1.82) is 0 Å². The molecule has 0 aromatic carbocycles. The lowest BCUT2D eigenvalue weighted by Crippen LogP contribution is -2.07. The second kappa shape index (κ2) is 4.95. The van der Waals surface area contributed by atoms with Crippen LogP contribution in [0.25, 0.3) is 0 Å². The number of nitrogens with zero attached hydrogens (tertiary/aromatic N) is 1. The van der Waals surface area contributed by atoms with Gasteiger partial charge in [0.15, 0.2) is 5.75 Å². The lowest BCUT2D eigenvalue weighted by atomic mass is 10.4. The van der Waals surface area contributed by atoms with Crippen LogP contribution in [0.15, 0.2) is 17.3 Å². The highest BCUT2D eigenvalue weighted by Crippen LogP contribution is 2.33. The van der Waals surface area contributed by atoms with Gasteiger partial charge in [-0.25, -0.2) is 4.98 Å². The van der Waals surface area contributed by atoms with Crippen LogP contribution >= 0.6 is 11.8 Å². The molecule has 0 saturated heterocycles. The van der Waals surface area contributed by atoms with Gasteiger partial charge in [0.25, 0.3) is 0 Å². The zero-order chi connectivity index (χ0) is 11.5. The number of rotatable bonds is 5. The van der Waals surface area contributed by atoms with Crippen molar-refractivity contribution in [2.45, 2.75) is 43.9 Å². The number of thioether (sulfide) groups is 1. The molecule has 0 bridgehead atoms. The average Bonchev–Trinajstić information content (AvgIpc) is 3.01. The highest BCUT2D eigenvalue weighted by molar-refractivity contribution is 7.98. The molecule has 0 spiro atoms. The van der Waals surface area contributed by atoms with Gasteiger partial charge in [-0.2, -0.15) is 0 Å². The topological polar surface area (TPSA) is 31.4 Å². The van der Waals surface area contributed by atoms with Gasteiger partial charge in [-0.05, 0) is 32.9 Å². The molecule has 1 aliphatic carbocycles. The smallest absolute Gasteiger partial charge is 0.155 e. The Morgan fingerprint density at radius 1 is 1.44 bits per heavy atom. The largest absolute Gasteiger partial charge is 0.489 e. The van der Waals surface area contributed by atoms with E-state index in [1.165, 1.54) is 0 Å². The van der Waals surface area contributed by atoms with Crippen molar-refractivity contribution in [3.05, 3.63) is 12.3 Å². The Morgan fingerprint density at radius 3 is 2.75 bits per heavy atom. The Labute approximate surface area is 101 Å². The van der Waals surface area contributed by atoms with E-state index in [4.69, 9.17) is 9.47 Å². The molecule has 1 aromatic rings. The number of pyridine rings is 1. The second-order valence-corrected chi connectivity index (χ2v) is 4.96. The van der Waals surface area contributed by atoms with E-state index in [1.54, 1.807) is 18.0 Å². The van der Waals surface area contributed by atoms with Crippen LogP contribution in [0.5, 0.6) is 11.5 Å². The number of hydrogen-bond acceptors (Lipinski definition) is 4. The number of aromatic nitrogens is 1. The first-order valence-electron chi connectivity index (χ1n) is 5.56. The van der Waals surface area contributed by atoms with Gasteiger partial charge in [0.2, 0.25) is 0 Å². The first kappa shape index (κ1) is 11.6. The van der Waals surface area contributed by atoms with Gasteiger partial charge in [-0.1, -0.05) is 0 Å². The van der Waals surface area contributed by atoms with Gasteiger partial charge in [0.1, 0.15) is 10.8 Å². The minimum absolute atomic E-state index is 0.156.